The zero-order valence-electron chi connectivity index (χ0n) is 15.9. The molecule has 24 heavy (non-hydrogen) atoms. The quantitative estimate of drug-likeness (QED) is 0.446. The van der Waals surface area contributed by atoms with E-state index in [2.05, 4.69) is 70.3 Å². The lowest BCUT2D eigenvalue weighted by Crippen LogP contribution is -2.35. The van der Waals surface area contributed by atoms with Crippen LogP contribution in [0.1, 0.15) is 58.4 Å². The summed E-state index contributed by atoms with van der Waals surface area (Å²) in [6.45, 7) is 15.2. The summed E-state index contributed by atoms with van der Waals surface area (Å²) in [6.07, 6.45) is 12.0. The van der Waals surface area contributed by atoms with Gasteiger partial charge in [-0.15, -0.1) is 0 Å². The number of hydrogen-bond donors (Lipinski definition) is 0. The van der Waals surface area contributed by atoms with Gasteiger partial charge in [0.15, 0.2) is 0 Å². The minimum absolute atomic E-state index is 0.137. The van der Waals surface area contributed by atoms with E-state index < -0.39 is 0 Å². The van der Waals surface area contributed by atoms with Crippen molar-refractivity contribution in [2.45, 2.75) is 59.3 Å². The van der Waals surface area contributed by atoms with Crippen LogP contribution in [0, 0.1) is 17.3 Å². The topological polar surface area (TPSA) is 0 Å². The molecule has 0 radical (unpaired) electrons. The summed E-state index contributed by atoms with van der Waals surface area (Å²) >= 11 is 0. The standard InChI is InChI=1S/C24H34/c1-6-12-21-16-11-17-23(21)24(5,22(13-7-2)19(3)4)18-20-14-9-8-10-15-20/h7-10,13-15,21,23H,2-3,6,11-12,16-18H2,1,4-5H3/b22-13+. The maximum atomic E-state index is 4.31. The van der Waals surface area contributed by atoms with Crippen LogP contribution in [0.15, 0.2) is 66.8 Å². The van der Waals surface area contributed by atoms with Crippen LogP contribution in [0.2, 0.25) is 0 Å². The second kappa shape index (κ2) is 8.51. The average Bonchev–Trinajstić information content (AvgIpc) is 3.02. The fraction of sp³-hybridized carbons (Fsp3) is 0.500. The summed E-state index contributed by atoms with van der Waals surface area (Å²) in [5.74, 6) is 1.58. The van der Waals surface area contributed by atoms with Gasteiger partial charge in [-0.3, -0.25) is 0 Å². The van der Waals surface area contributed by atoms with Crippen molar-refractivity contribution in [2.24, 2.45) is 17.3 Å². The highest BCUT2D eigenvalue weighted by Gasteiger charge is 2.43. The summed E-state index contributed by atoms with van der Waals surface area (Å²) in [5.41, 5.74) is 4.15. The van der Waals surface area contributed by atoms with Crippen molar-refractivity contribution in [2.75, 3.05) is 0 Å². The third kappa shape index (κ3) is 4.09. The summed E-state index contributed by atoms with van der Waals surface area (Å²) in [7, 11) is 0. The number of hydrogen-bond acceptors (Lipinski definition) is 0. The predicted molar refractivity (Wildman–Crippen MR) is 107 cm³/mol. The molecule has 1 aromatic carbocycles. The van der Waals surface area contributed by atoms with Gasteiger partial charge in [-0.05, 0) is 48.2 Å². The Kier molecular flexibility index (Phi) is 6.66. The minimum atomic E-state index is 0.137. The molecule has 1 fully saturated rings. The minimum Gasteiger partial charge on any atom is -0.0991 e. The van der Waals surface area contributed by atoms with Crippen molar-refractivity contribution >= 4 is 0 Å². The van der Waals surface area contributed by atoms with Crippen molar-refractivity contribution in [3.63, 3.8) is 0 Å². The maximum absolute atomic E-state index is 4.31. The van der Waals surface area contributed by atoms with E-state index in [0.29, 0.717) is 0 Å². The monoisotopic (exact) mass is 322 g/mol. The Hall–Kier alpha value is -1.56. The van der Waals surface area contributed by atoms with E-state index in [-0.39, 0.29) is 5.41 Å². The summed E-state index contributed by atoms with van der Waals surface area (Å²) in [6, 6.07) is 11.0. The molecule has 1 aliphatic carbocycles. The van der Waals surface area contributed by atoms with Gasteiger partial charge in [0.05, 0.1) is 0 Å². The number of benzene rings is 1. The highest BCUT2D eigenvalue weighted by atomic mass is 14.5. The molecule has 0 bridgehead atoms. The van der Waals surface area contributed by atoms with Gasteiger partial charge in [0.2, 0.25) is 0 Å². The second-order valence-electron chi connectivity index (χ2n) is 7.76. The van der Waals surface area contributed by atoms with Gasteiger partial charge in [-0.25, -0.2) is 0 Å². The first kappa shape index (κ1) is 18.8. The normalized spacial score (nSPS) is 23.7. The van der Waals surface area contributed by atoms with Crippen LogP contribution < -0.4 is 0 Å². The molecule has 3 atom stereocenters. The van der Waals surface area contributed by atoms with Gasteiger partial charge >= 0.3 is 0 Å². The first-order chi connectivity index (χ1) is 11.5. The molecule has 0 heterocycles. The highest BCUT2D eigenvalue weighted by molar-refractivity contribution is 5.38. The van der Waals surface area contributed by atoms with E-state index in [0.717, 1.165) is 18.3 Å². The van der Waals surface area contributed by atoms with Crippen LogP contribution in [0.25, 0.3) is 0 Å². The molecule has 0 spiro atoms. The molecule has 0 aromatic heterocycles. The zero-order chi connectivity index (χ0) is 17.6. The van der Waals surface area contributed by atoms with Crippen LogP contribution in [0.5, 0.6) is 0 Å². The van der Waals surface area contributed by atoms with Gasteiger partial charge in [-0.1, -0.05) is 101 Å². The van der Waals surface area contributed by atoms with Crippen molar-refractivity contribution < 1.29 is 0 Å². The average molecular weight is 323 g/mol. The first-order valence-corrected chi connectivity index (χ1v) is 9.56. The molecule has 0 nitrogen and oxygen atoms in total. The molecule has 0 amide bonds. The lowest BCUT2D eigenvalue weighted by atomic mass is 9.62. The Morgan fingerprint density at radius 3 is 2.54 bits per heavy atom. The van der Waals surface area contributed by atoms with Gasteiger partial charge in [-0.2, -0.15) is 0 Å². The van der Waals surface area contributed by atoms with Crippen molar-refractivity contribution in [1.29, 1.82) is 0 Å². The molecular formula is C24H34. The van der Waals surface area contributed by atoms with Gasteiger partial charge in [0.1, 0.15) is 0 Å². The van der Waals surface area contributed by atoms with Crippen LogP contribution in [-0.2, 0) is 6.42 Å². The highest BCUT2D eigenvalue weighted by Crippen LogP contribution is 2.52. The van der Waals surface area contributed by atoms with Crippen molar-refractivity contribution in [3.8, 4) is 0 Å². The maximum Gasteiger partial charge on any atom is -0.000168 e. The molecule has 0 aliphatic heterocycles. The van der Waals surface area contributed by atoms with E-state index in [1.165, 1.54) is 48.8 Å². The van der Waals surface area contributed by atoms with Gasteiger partial charge in [0, 0.05) is 0 Å². The lowest BCUT2D eigenvalue weighted by Gasteiger charge is -2.42. The molecule has 1 saturated carbocycles. The van der Waals surface area contributed by atoms with E-state index in [1.807, 2.05) is 6.08 Å². The van der Waals surface area contributed by atoms with Crippen molar-refractivity contribution in [3.05, 3.63) is 72.4 Å². The van der Waals surface area contributed by atoms with Crippen LogP contribution in [-0.4, -0.2) is 0 Å². The SMILES string of the molecule is C=C/C=C(\C(=C)C)C(C)(Cc1ccccc1)C1CCCC1CCC. The summed E-state index contributed by atoms with van der Waals surface area (Å²) < 4.78 is 0. The van der Waals surface area contributed by atoms with E-state index in [9.17, 15) is 0 Å². The Morgan fingerprint density at radius 1 is 1.25 bits per heavy atom. The van der Waals surface area contributed by atoms with E-state index in [1.54, 1.807) is 0 Å². The second-order valence-corrected chi connectivity index (χ2v) is 7.76. The lowest BCUT2D eigenvalue weighted by molar-refractivity contribution is 0.176. The molecule has 1 aromatic rings. The fourth-order valence-corrected chi connectivity index (χ4v) is 4.98. The third-order valence-corrected chi connectivity index (χ3v) is 5.91. The molecule has 0 heteroatoms. The van der Waals surface area contributed by atoms with Gasteiger partial charge < -0.3 is 0 Å². The third-order valence-electron chi connectivity index (χ3n) is 5.91. The zero-order valence-corrected chi connectivity index (χ0v) is 15.9. The Morgan fingerprint density at radius 2 is 1.96 bits per heavy atom. The van der Waals surface area contributed by atoms with Crippen LogP contribution in [0.4, 0.5) is 0 Å². The van der Waals surface area contributed by atoms with Crippen LogP contribution in [0.3, 0.4) is 0 Å². The first-order valence-electron chi connectivity index (χ1n) is 9.56. The molecule has 1 aliphatic rings. The van der Waals surface area contributed by atoms with Crippen molar-refractivity contribution in [1.82, 2.24) is 0 Å². The largest absolute Gasteiger partial charge is 0.0991 e. The molecule has 0 saturated heterocycles. The molecule has 130 valence electrons. The van der Waals surface area contributed by atoms with E-state index >= 15 is 0 Å². The number of allylic oxidation sites excluding steroid dienone is 4. The summed E-state index contributed by atoms with van der Waals surface area (Å²) in [5, 5.41) is 0. The predicted octanol–water partition coefficient (Wildman–Crippen LogP) is 7.14. The van der Waals surface area contributed by atoms with Gasteiger partial charge in [0.25, 0.3) is 0 Å². The Labute approximate surface area is 149 Å². The Balaban J connectivity index is 2.45. The Bertz CT molecular complexity index is 577. The smallest absolute Gasteiger partial charge is 0.000168 e. The van der Waals surface area contributed by atoms with E-state index in [4.69, 9.17) is 0 Å². The molecule has 2 rings (SSSR count). The molecule has 0 N–H and O–H groups in total. The molecule has 3 unspecified atom stereocenters. The number of rotatable bonds is 8. The van der Waals surface area contributed by atoms with Crippen LogP contribution >= 0.6 is 0 Å². The summed E-state index contributed by atoms with van der Waals surface area (Å²) in [4.78, 5) is 0. The fourth-order valence-electron chi connectivity index (χ4n) is 4.98. The molecular weight excluding hydrogens is 288 g/mol.